The molecule has 0 bridgehead atoms. The zero-order valence-electron chi connectivity index (χ0n) is 15.2. The lowest BCUT2D eigenvalue weighted by atomic mass is 10.1. The molecule has 138 valence electrons. The van der Waals surface area contributed by atoms with Gasteiger partial charge < -0.3 is 15.5 Å². The van der Waals surface area contributed by atoms with E-state index in [-0.39, 0.29) is 17.9 Å². The van der Waals surface area contributed by atoms with Gasteiger partial charge in [-0.1, -0.05) is 42.5 Å². The van der Waals surface area contributed by atoms with Crippen LogP contribution in [0.5, 0.6) is 0 Å². The molecule has 0 aromatic heterocycles. The number of nitrogens with zero attached hydrogens (tertiary/aromatic N) is 1. The van der Waals surface area contributed by atoms with E-state index in [9.17, 15) is 9.18 Å². The molecule has 26 heavy (non-hydrogen) atoms. The van der Waals surface area contributed by atoms with Gasteiger partial charge in [0.25, 0.3) is 0 Å². The average Bonchev–Trinajstić information content (AvgIpc) is 3.16. The number of carbonyl (C=O) groups excluding carboxylic acids is 1. The normalized spacial score (nSPS) is 15.6. The molecule has 2 amide bonds. The van der Waals surface area contributed by atoms with Gasteiger partial charge in [0.05, 0.1) is 6.04 Å². The van der Waals surface area contributed by atoms with Crippen molar-refractivity contribution in [1.82, 2.24) is 15.5 Å². The summed E-state index contributed by atoms with van der Waals surface area (Å²) in [6.07, 6.45) is 2.43. The summed E-state index contributed by atoms with van der Waals surface area (Å²) in [5, 5.41) is 5.91. The van der Waals surface area contributed by atoms with E-state index >= 15 is 0 Å². The lowest BCUT2D eigenvalue weighted by Crippen LogP contribution is -2.42. The van der Waals surface area contributed by atoms with Crippen LogP contribution in [0.25, 0.3) is 0 Å². The fraction of sp³-hybridized carbons (Fsp3) is 0.381. The zero-order valence-corrected chi connectivity index (χ0v) is 15.2. The monoisotopic (exact) mass is 355 g/mol. The quantitative estimate of drug-likeness (QED) is 0.828. The highest BCUT2D eigenvalue weighted by atomic mass is 19.1. The molecule has 1 aliphatic heterocycles. The predicted molar refractivity (Wildman–Crippen MR) is 101 cm³/mol. The minimum Gasteiger partial charge on any atom is -0.334 e. The summed E-state index contributed by atoms with van der Waals surface area (Å²) < 4.78 is 13.6. The lowest BCUT2D eigenvalue weighted by Gasteiger charge is -2.25. The summed E-state index contributed by atoms with van der Waals surface area (Å²) >= 11 is 0. The Bertz CT molecular complexity index is 729. The summed E-state index contributed by atoms with van der Waals surface area (Å²) in [6.45, 7) is 4.98. The van der Waals surface area contributed by atoms with Gasteiger partial charge in [-0.3, -0.25) is 0 Å². The highest BCUT2D eigenvalue weighted by Crippen LogP contribution is 2.17. The molecule has 2 N–H and O–H groups in total. The van der Waals surface area contributed by atoms with Gasteiger partial charge in [0.1, 0.15) is 5.82 Å². The molecular formula is C21H26FN3O. The second-order valence-corrected chi connectivity index (χ2v) is 6.88. The fourth-order valence-electron chi connectivity index (χ4n) is 3.28. The molecule has 1 saturated heterocycles. The van der Waals surface area contributed by atoms with E-state index in [0.29, 0.717) is 12.1 Å². The number of benzene rings is 2. The third kappa shape index (κ3) is 5.05. The smallest absolute Gasteiger partial charge is 0.315 e. The largest absolute Gasteiger partial charge is 0.334 e. The van der Waals surface area contributed by atoms with Crippen molar-refractivity contribution in [2.75, 3.05) is 19.6 Å². The second-order valence-electron chi connectivity index (χ2n) is 6.88. The highest BCUT2D eigenvalue weighted by molar-refractivity contribution is 5.74. The zero-order chi connectivity index (χ0) is 18.4. The Balaban J connectivity index is 1.59. The van der Waals surface area contributed by atoms with Crippen LogP contribution < -0.4 is 10.6 Å². The van der Waals surface area contributed by atoms with Gasteiger partial charge in [0, 0.05) is 13.1 Å². The number of nitrogens with one attached hydrogen (secondary N) is 2. The van der Waals surface area contributed by atoms with Crippen molar-refractivity contribution in [2.24, 2.45) is 0 Å². The van der Waals surface area contributed by atoms with Crippen molar-refractivity contribution in [3.63, 3.8) is 0 Å². The molecule has 1 aliphatic rings. The molecule has 0 radical (unpaired) electrons. The van der Waals surface area contributed by atoms with Crippen molar-refractivity contribution in [3.8, 4) is 0 Å². The van der Waals surface area contributed by atoms with Gasteiger partial charge in [-0.2, -0.15) is 0 Å². The molecule has 0 spiro atoms. The third-order valence-corrected chi connectivity index (χ3v) is 4.84. The Morgan fingerprint density at radius 1 is 1.15 bits per heavy atom. The van der Waals surface area contributed by atoms with Gasteiger partial charge in [-0.25, -0.2) is 9.18 Å². The van der Waals surface area contributed by atoms with Crippen LogP contribution >= 0.6 is 0 Å². The van der Waals surface area contributed by atoms with Crippen molar-refractivity contribution < 1.29 is 9.18 Å². The van der Waals surface area contributed by atoms with Crippen LogP contribution in [-0.4, -0.2) is 30.6 Å². The number of hydrogen-bond donors (Lipinski definition) is 2. The summed E-state index contributed by atoms with van der Waals surface area (Å²) in [4.78, 5) is 14.8. The number of halogens is 1. The molecule has 1 fully saturated rings. The molecule has 2 aromatic rings. The first-order chi connectivity index (χ1) is 12.6. The van der Waals surface area contributed by atoms with Crippen LogP contribution in [0.2, 0.25) is 0 Å². The number of urea groups is 1. The minimum atomic E-state index is -0.249. The molecule has 0 saturated carbocycles. The maximum Gasteiger partial charge on any atom is 0.315 e. The van der Waals surface area contributed by atoms with Crippen molar-refractivity contribution in [3.05, 3.63) is 71.0 Å². The molecule has 5 heteroatoms. The Hall–Kier alpha value is -2.40. The molecule has 1 heterocycles. The minimum absolute atomic E-state index is 0.0657. The maximum absolute atomic E-state index is 13.6. The van der Waals surface area contributed by atoms with E-state index < -0.39 is 0 Å². The first kappa shape index (κ1) is 18.4. The van der Waals surface area contributed by atoms with Crippen molar-refractivity contribution in [2.45, 2.75) is 32.4 Å². The standard InChI is InChI=1S/C21H26FN3O/c1-16-9-10-17(13-19(16)22)14-23-21(26)24-20(15-25-11-5-6-12-25)18-7-3-2-4-8-18/h2-4,7-10,13,20H,5-6,11-12,14-15H2,1H3,(H2,23,24,26). The average molecular weight is 355 g/mol. The Morgan fingerprint density at radius 3 is 2.58 bits per heavy atom. The van der Waals surface area contributed by atoms with Crippen LogP contribution in [-0.2, 0) is 6.54 Å². The van der Waals surface area contributed by atoms with E-state index in [1.54, 1.807) is 13.0 Å². The first-order valence-electron chi connectivity index (χ1n) is 9.18. The molecule has 0 aliphatic carbocycles. The van der Waals surface area contributed by atoms with E-state index in [2.05, 4.69) is 15.5 Å². The predicted octanol–water partition coefficient (Wildman–Crippen LogP) is 3.77. The van der Waals surface area contributed by atoms with E-state index in [4.69, 9.17) is 0 Å². The van der Waals surface area contributed by atoms with Gasteiger partial charge in [-0.15, -0.1) is 0 Å². The Morgan fingerprint density at radius 2 is 1.88 bits per heavy atom. The van der Waals surface area contributed by atoms with E-state index in [0.717, 1.165) is 30.8 Å². The Kier molecular flexibility index (Phi) is 6.23. The van der Waals surface area contributed by atoms with Crippen molar-refractivity contribution in [1.29, 1.82) is 0 Å². The fourth-order valence-corrected chi connectivity index (χ4v) is 3.28. The summed E-state index contributed by atoms with van der Waals surface area (Å²) in [7, 11) is 0. The van der Waals surface area contributed by atoms with Crippen LogP contribution in [0.1, 0.15) is 35.6 Å². The second kappa shape index (κ2) is 8.81. The molecule has 1 unspecified atom stereocenters. The number of aryl methyl sites for hydroxylation is 1. The highest BCUT2D eigenvalue weighted by Gasteiger charge is 2.20. The van der Waals surface area contributed by atoms with Crippen LogP contribution in [0.4, 0.5) is 9.18 Å². The van der Waals surface area contributed by atoms with Gasteiger partial charge >= 0.3 is 6.03 Å². The van der Waals surface area contributed by atoms with Gasteiger partial charge in [0.15, 0.2) is 0 Å². The Labute approximate surface area is 154 Å². The molecule has 1 atom stereocenters. The molecular weight excluding hydrogens is 329 g/mol. The number of likely N-dealkylation sites (tertiary alicyclic amines) is 1. The van der Waals surface area contributed by atoms with Crippen LogP contribution in [0.15, 0.2) is 48.5 Å². The van der Waals surface area contributed by atoms with Crippen molar-refractivity contribution >= 4 is 6.03 Å². The molecule has 4 nitrogen and oxygen atoms in total. The molecule has 2 aromatic carbocycles. The number of hydrogen-bond acceptors (Lipinski definition) is 2. The maximum atomic E-state index is 13.6. The number of amides is 2. The number of rotatable bonds is 6. The van der Waals surface area contributed by atoms with Crippen LogP contribution in [0, 0.1) is 12.7 Å². The van der Waals surface area contributed by atoms with E-state index in [1.807, 2.05) is 36.4 Å². The lowest BCUT2D eigenvalue weighted by molar-refractivity contribution is 0.229. The van der Waals surface area contributed by atoms with Crippen LogP contribution in [0.3, 0.4) is 0 Å². The summed E-state index contributed by atoms with van der Waals surface area (Å²) in [5.41, 5.74) is 2.45. The summed E-state index contributed by atoms with van der Waals surface area (Å²) in [6, 6.07) is 14.7. The topological polar surface area (TPSA) is 44.4 Å². The first-order valence-corrected chi connectivity index (χ1v) is 9.18. The van der Waals surface area contributed by atoms with Gasteiger partial charge in [0.2, 0.25) is 0 Å². The third-order valence-electron chi connectivity index (χ3n) is 4.84. The SMILES string of the molecule is Cc1ccc(CNC(=O)NC(CN2CCCC2)c2ccccc2)cc1F. The van der Waals surface area contributed by atoms with E-state index in [1.165, 1.54) is 18.9 Å². The molecule has 3 rings (SSSR count). The summed E-state index contributed by atoms with van der Waals surface area (Å²) in [5.74, 6) is -0.249. The van der Waals surface area contributed by atoms with Gasteiger partial charge in [-0.05, 0) is 55.6 Å². The number of carbonyl (C=O) groups is 1.